The van der Waals surface area contributed by atoms with Gasteiger partial charge >= 0.3 is 0 Å². The molecule has 3 aromatic carbocycles. The Balaban J connectivity index is 1.44. The molecule has 0 aliphatic heterocycles. The van der Waals surface area contributed by atoms with Crippen molar-refractivity contribution in [3.63, 3.8) is 0 Å². The van der Waals surface area contributed by atoms with Crippen molar-refractivity contribution in [3.8, 4) is 11.1 Å². The molecule has 0 fully saturated rings. The lowest BCUT2D eigenvalue weighted by Gasteiger charge is -2.24. The lowest BCUT2D eigenvalue weighted by Crippen LogP contribution is -2.30. The average molecular weight is 359 g/mol. The number of fused-ring (bicyclic) bond motifs is 3. The maximum Gasteiger partial charge on any atom is 0.187 e. The summed E-state index contributed by atoms with van der Waals surface area (Å²) in [7, 11) is -1.68. The van der Waals surface area contributed by atoms with Crippen LogP contribution in [0.5, 0.6) is 0 Å². The minimum Gasteiger partial charge on any atom is -0.413 e. The summed E-state index contributed by atoms with van der Waals surface area (Å²) in [5, 5.41) is 0. The van der Waals surface area contributed by atoms with Crippen LogP contribution >= 0.6 is 0 Å². The van der Waals surface area contributed by atoms with Crippen LogP contribution in [0.1, 0.15) is 22.3 Å². The average Bonchev–Trinajstić information content (AvgIpc) is 3.05. The van der Waals surface area contributed by atoms with Crippen molar-refractivity contribution in [2.24, 2.45) is 0 Å². The summed E-state index contributed by atoms with van der Waals surface area (Å²) < 4.78 is 6.50. The zero-order chi connectivity index (χ0) is 18.0. The predicted octanol–water partition coefficient (Wildman–Crippen LogP) is 6.22. The summed E-state index contributed by atoms with van der Waals surface area (Å²) in [6, 6.07) is 27.3. The van der Waals surface area contributed by atoms with Gasteiger partial charge in [0.2, 0.25) is 0 Å². The standard InChI is InChI=1S/C24H26OSi/c1-26(2,16-15-19-9-4-3-5-10-19)25-18-21-12-8-14-23-22-13-7-6-11-20(22)17-24(21)23/h3-14H,15-18H2,1-2H3. The molecule has 1 nitrogen and oxygen atoms in total. The fourth-order valence-electron chi connectivity index (χ4n) is 3.79. The Labute approximate surface area is 157 Å². The number of rotatable bonds is 6. The number of benzene rings is 3. The van der Waals surface area contributed by atoms with Gasteiger partial charge in [-0.1, -0.05) is 72.8 Å². The molecule has 0 saturated carbocycles. The summed E-state index contributed by atoms with van der Waals surface area (Å²) in [6.45, 7) is 5.42. The molecule has 1 aliphatic carbocycles. The zero-order valence-electron chi connectivity index (χ0n) is 15.7. The van der Waals surface area contributed by atoms with Crippen LogP contribution in [0.4, 0.5) is 0 Å². The highest BCUT2D eigenvalue weighted by molar-refractivity contribution is 6.71. The summed E-state index contributed by atoms with van der Waals surface area (Å²) in [5.74, 6) is 0. The number of aryl methyl sites for hydroxylation is 1. The van der Waals surface area contributed by atoms with E-state index in [1.54, 1.807) is 0 Å². The SMILES string of the molecule is C[Si](C)(CCc1ccccc1)OCc1cccc2c1Cc1ccccc1-2. The Morgan fingerprint density at radius 1 is 0.808 bits per heavy atom. The van der Waals surface area contributed by atoms with Crippen LogP contribution in [-0.4, -0.2) is 8.32 Å². The lowest BCUT2D eigenvalue weighted by atomic mass is 10.0. The summed E-state index contributed by atoms with van der Waals surface area (Å²) in [5.41, 5.74) is 8.46. The molecule has 3 aromatic rings. The van der Waals surface area contributed by atoms with E-state index in [1.807, 2.05) is 0 Å². The van der Waals surface area contributed by atoms with Crippen molar-refractivity contribution < 1.29 is 4.43 Å². The third kappa shape index (κ3) is 3.67. The highest BCUT2D eigenvalue weighted by atomic mass is 28.4. The molecular weight excluding hydrogens is 332 g/mol. The van der Waals surface area contributed by atoms with Crippen molar-refractivity contribution in [1.29, 1.82) is 0 Å². The smallest absolute Gasteiger partial charge is 0.187 e. The normalized spacial score (nSPS) is 12.7. The molecule has 0 radical (unpaired) electrons. The number of hydrogen-bond donors (Lipinski definition) is 0. The fourth-order valence-corrected chi connectivity index (χ4v) is 5.38. The molecule has 0 aromatic heterocycles. The zero-order valence-corrected chi connectivity index (χ0v) is 16.7. The molecule has 0 bridgehead atoms. The Kier molecular flexibility index (Phi) is 4.79. The quantitative estimate of drug-likeness (QED) is 0.372. The van der Waals surface area contributed by atoms with Gasteiger partial charge in [0.15, 0.2) is 8.32 Å². The van der Waals surface area contributed by atoms with Crippen LogP contribution < -0.4 is 0 Å². The van der Waals surface area contributed by atoms with Crippen LogP contribution in [-0.2, 0) is 23.9 Å². The third-order valence-corrected chi connectivity index (χ3v) is 7.80. The van der Waals surface area contributed by atoms with Crippen molar-refractivity contribution in [1.82, 2.24) is 0 Å². The van der Waals surface area contributed by atoms with Gasteiger partial charge in [-0.25, -0.2) is 0 Å². The van der Waals surface area contributed by atoms with Crippen molar-refractivity contribution >= 4 is 8.32 Å². The Bertz CT molecular complexity index is 899. The molecule has 4 rings (SSSR count). The molecular formula is C24H26OSi. The summed E-state index contributed by atoms with van der Waals surface area (Å²) in [4.78, 5) is 0. The van der Waals surface area contributed by atoms with E-state index in [-0.39, 0.29) is 0 Å². The van der Waals surface area contributed by atoms with Crippen molar-refractivity contribution in [2.45, 2.75) is 38.6 Å². The van der Waals surface area contributed by atoms with E-state index in [0.29, 0.717) is 0 Å². The highest BCUT2D eigenvalue weighted by Gasteiger charge is 2.25. The molecule has 0 spiro atoms. The van der Waals surface area contributed by atoms with Crippen molar-refractivity contribution in [2.75, 3.05) is 0 Å². The molecule has 0 heterocycles. The Morgan fingerprint density at radius 3 is 2.38 bits per heavy atom. The first kappa shape index (κ1) is 17.3. The Hall–Kier alpha value is -2.16. The lowest BCUT2D eigenvalue weighted by molar-refractivity contribution is 0.293. The van der Waals surface area contributed by atoms with Crippen LogP contribution in [0.25, 0.3) is 11.1 Å². The van der Waals surface area contributed by atoms with Gasteiger partial charge in [-0.15, -0.1) is 0 Å². The van der Waals surface area contributed by atoms with E-state index in [1.165, 1.54) is 33.4 Å². The van der Waals surface area contributed by atoms with Gasteiger partial charge in [-0.05, 0) is 65.4 Å². The van der Waals surface area contributed by atoms with Gasteiger partial charge < -0.3 is 4.43 Å². The molecule has 0 saturated heterocycles. The molecule has 2 heteroatoms. The van der Waals surface area contributed by atoms with Gasteiger partial charge in [0, 0.05) is 0 Å². The van der Waals surface area contributed by atoms with Gasteiger partial charge in [-0.3, -0.25) is 0 Å². The molecule has 1 aliphatic rings. The molecule has 26 heavy (non-hydrogen) atoms. The minimum absolute atomic E-state index is 0.741. The molecule has 0 N–H and O–H groups in total. The Morgan fingerprint density at radius 2 is 1.54 bits per heavy atom. The largest absolute Gasteiger partial charge is 0.413 e. The van der Waals surface area contributed by atoms with E-state index >= 15 is 0 Å². The van der Waals surface area contributed by atoms with Gasteiger partial charge in [0.05, 0.1) is 6.61 Å². The second kappa shape index (κ2) is 7.22. The first-order valence-corrected chi connectivity index (χ1v) is 12.6. The van der Waals surface area contributed by atoms with E-state index < -0.39 is 8.32 Å². The second-order valence-electron chi connectivity index (χ2n) is 7.81. The van der Waals surface area contributed by atoms with Crippen LogP contribution in [0.3, 0.4) is 0 Å². The van der Waals surface area contributed by atoms with E-state index in [4.69, 9.17) is 4.43 Å². The van der Waals surface area contributed by atoms with E-state index in [2.05, 4.69) is 85.9 Å². The van der Waals surface area contributed by atoms with Crippen LogP contribution in [0.2, 0.25) is 19.1 Å². The molecule has 132 valence electrons. The van der Waals surface area contributed by atoms with E-state index in [0.717, 1.165) is 25.5 Å². The third-order valence-electron chi connectivity index (χ3n) is 5.42. The summed E-state index contributed by atoms with van der Waals surface area (Å²) in [6.07, 6.45) is 2.15. The second-order valence-corrected chi connectivity index (χ2v) is 12.1. The van der Waals surface area contributed by atoms with Crippen molar-refractivity contribution in [3.05, 3.63) is 95.1 Å². The van der Waals surface area contributed by atoms with E-state index in [9.17, 15) is 0 Å². The van der Waals surface area contributed by atoms with Gasteiger partial charge in [0.1, 0.15) is 0 Å². The summed E-state index contributed by atoms with van der Waals surface area (Å²) >= 11 is 0. The topological polar surface area (TPSA) is 9.23 Å². The highest BCUT2D eigenvalue weighted by Crippen LogP contribution is 2.38. The van der Waals surface area contributed by atoms with Crippen LogP contribution in [0, 0.1) is 0 Å². The number of hydrogen-bond acceptors (Lipinski definition) is 1. The first-order valence-electron chi connectivity index (χ1n) is 9.49. The minimum atomic E-state index is -1.68. The van der Waals surface area contributed by atoms with Gasteiger partial charge in [-0.2, -0.15) is 0 Å². The fraction of sp³-hybridized carbons (Fsp3) is 0.250. The molecule has 0 amide bonds. The maximum atomic E-state index is 6.50. The maximum absolute atomic E-state index is 6.50. The molecule has 0 unspecified atom stereocenters. The predicted molar refractivity (Wildman–Crippen MR) is 112 cm³/mol. The van der Waals surface area contributed by atoms with Crippen LogP contribution in [0.15, 0.2) is 72.8 Å². The molecule has 0 atom stereocenters. The first-order chi connectivity index (χ1) is 12.6. The van der Waals surface area contributed by atoms with Gasteiger partial charge in [0.25, 0.3) is 0 Å². The monoisotopic (exact) mass is 358 g/mol.